The number of nitrogens with zero attached hydrogens (tertiary/aromatic N) is 2. The van der Waals surface area contributed by atoms with E-state index in [1.165, 1.54) is 19.1 Å². The van der Waals surface area contributed by atoms with Crippen molar-refractivity contribution in [1.29, 1.82) is 0 Å². The normalized spacial score (nSPS) is 16.8. The highest BCUT2D eigenvalue weighted by Crippen LogP contribution is 2.44. The summed E-state index contributed by atoms with van der Waals surface area (Å²) in [5.41, 5.74) is 4.63. The third kappa shape index (κ3) is 4.28. The molecule has 7 heteroatoms. The van der Waals surface area contributed by atoms with Crippen molar-refractivity contribution >= 4 is 28.8 Å². The molecule has 1 aliphatic rings. The molecule has 186 valence electrons. The molecule has 1 aliphatic heterocycles. The summed E-state index contributed by atoms with van der Waals surface area (Å²) in [4.78, 5) is 30.2. The van der Waals surface area contributed by atoms with Crippen molar-refractivity contribution < 1.29 is 24.2 Å². The van der Waals surface area contributed by atoms with Crippen LogP contribution in [0.25, 0.3) is 5.76 Å². The summed E-state index contributed by atoms with van der Waals surface area (Å²) in [6.45, 7) is 3.90. The van der Waals surface area contributed by atoms with E-state index in [0.717, 1.165) is 16.8 Å². The van der Waals surface area contributed by atoms with Crippen molar-refractivity contribution in [3.63, 3.8) is 0 Å². The molecule has 1 heterocycles. The van der Waals surface area contributed by atoms with Gasteiger partial charge in [0, 0.05) is 31.0 Å². The van der Waals surface area contributed by atoms with E-state index in [2.05, 4.69) is 0 Å². The van der Waals surface area contributed by atoms with E-state index in [9.17, 15) is 14.7 Å². The molecule has 0 aromatic heterocycles. The first-order chi connectivity index (χ1) is 17.2. The molecule has 4 rings (SSSR count). The molecule has 1 amide bonds. The minimum absolute atomic E-state index is 0.0205. The number of aliphatic hydroxyl groups excluding tert-OH is 1. The smallest absolute Gasteiger partial charge is 0.300 e. The van der Waals surface area contributed by atoms with Gasteiger partial charge in [-0.2, -0.15) is 0 Å². The van der Waals surface area contributed by atoms with Crippen molar-refractivity contribution in [1.82, 2.24) is 0 Å². The SMILES string of the molecule is COc1ccc(C2/C(=C(/O)c3ccc(C)c(C)c3)C(=O)C(=O)N2c2ccc(N(C)C)cc2)cc1OC. The Hall–Kier alpha value is -4.26. The Balaban J connectivity index is 1.95. The molecular weight excluding hydrogens is 456 g/mol. The molecule has 1 N–H and O–H groups in total. The standard InChI is InChI=1S/C29H30N2O5/c1-17-7-8-20(15-18(17)2)27(32)25-26(19-9-14-23(35-5)24(16-19)36-6)31(29(34)28(25)33)22-12-10-21(11-13-22)30(3)4/h7-16,26,32H,1-6H3/b27-25-. The van der Waals surface area contributed by atoms with E-state index < -0.39 is 17.7 Å². The molecule has 3 aromatic rings. The quantitative estimate of drug-likeness (QED) is 0.300. The number of rotatable bonds is 6. The van der Waals surface area contributed by atoms with Crippen LogP contribution < -0.4 is 19.3 Å². The van der Waals surface area contributed by atoms with Crippen LogP contribution in [0, 0.1) is 13.8 Å². The summed E-state index contributed by atoms with van der Waals surface area (Å²) < 4.78 is 10.9. The van der Waals surface area contributed by atoms with E-state index in [1.807, 2.05) is 57.1 Å². The van der Waals surface area contributed by atoms with Gasteiger partial charge in [-0.1, -0.05) is 18.2 Å². The van der Waals surface area contributed by atoms with E-state index in [4.69, 9.17) is 9.47 Å². The Labute approximate surface area is 211 Å². The number of methoxy groups -OCH3 is 2. The largest absolute Gasteiger partial charge is 0.507 e. The number of hydrogen-bond donors (Lipinski definition) is 1. The lowest BCUT2D eigenvalue weighted by molar-refractivity contribution is -0.132. The van der Waals surface area contributed by atoms with E-state index in [0.29, 0.717) is 28.3 Å². The van der Waals surface area contributed by atoms with Crippen LogP contribution in [0.5, 0.6) is 11.5 Å². The molecule has 1 fully saturated rings. The molecule has 0 aliphatic carbocycles. The van der Waals surface area contributed by atoms with Crippen LogP contribution in [-0.2, 0) is 9.59 Å². The zero-order valence-electron chi connectivity index (χ0n) is 21.3. The number of benzene rings is 3. The Morgan fingerprint density at radius 2 is 1.53 bits per heavy atom. The van der Waals surface area contributed by atoms with Crippen LogP contribution in [0.4, 0.5) is 11.4 Å². The van der Waals surface area contributed by atoms with Gasteiger partial charge in [0.15, 0.2) is 11.5 Å². The second-order valence-electron chi connectivity index (χ2n) is 8.99. The summed E-state index contributed by atoms with van der Waals surface area (Å²) in [7, 11) is 6.91. The lowest BCUT2D eigenvalue weighted by atomic mass is 9.94. The van der Waals surface area contributed by atoms with Gasteiger partial charge in [-0.05, 0) is 73.0 Å². The molecule has 0 bridgehead atoms. The van der Waals surface area contributed by atoms with E-state index in [-0.39, 0.29) is 11.3 Å². The number of carbonyl (C=O) groups excluding carboxylic acids is 2. The van der Waals surface area contributed by atoms with Gasteiger partial charge in [-0.3, -0.25) is 14.5 Å². The van der Waals surface area contributed by atoms with Gasteiger partial charge in [-0.25, -0.2) is 0 Å². The van der Waals surface area contributed by atoms with Gasteiger partial charge >= 0.3 is 0 Å². The molecule has 1 atom stereocenters. The highest BCUT2D eigenvalue weighted by Gasteiger charge is 2.47. The van der Waals surface area contributed by atoms with Crippen LogP contribution in [0.15, 0.2) is 66.2 Å². The summed E-state index contributed by atoms with van der Waals surface area (Å²) in [5, 5.41) is 11.4. The minimum Gasteiger partial charge on any atom is -0.507 e. The van der Waals surface area contributed by atoms with Crippen LogP contribution in [-0.4, -0.2) is 45.1 Å². The lowest BCUT2D eigenvalue weighted by Crippen LogP contribution is -2.29. The number of Topliss-reactive ketones (excluding diaryl/α,β-unsaturated/α-hetero) is 1. The van der Waals surface area contributed by atoms with E-state index in [1.54, 1.807) is 36.4 Å². The maximum Gasteiger partial charge on any atom is 0.300 e. The summed E-state index contributed by atoms with van der Waals surface area (Å²) >= 11 is 0. The Morgan fingerprint density at radius 1 is 0.861 bits per heavy atom. The van der Waals surface area contributed by atoms with Crippen LogP contribution >= 0.6 is 0 Å². The highest BCUT2D eigenvalue weighted by atomic mass is 16.5. The third-order valence-corrected chi connectivity index (χ3v) is 6.59. The lowest BCUT2D eigenvalue weighted by Gasteiger charge is -2.26. The van der Waals surface area contributed by atoms with E-state index >= 15 is 0 Å². The summed E-state index contributed by atoms with van der Waals surface area (Å²) in [5.74, 6) is -0.707. The fourth-order valence-corrected chi connectivity index (χ4v) is 4.39. The minimum atomic E-state index is -0.864. The Bertz CT molecular complexity index is 1360. The topological polar surface area (TPSA) is 79.3 Å². The predicted octanol–water partition coefficient (Wildman–Crippen LogP) is 5.01. The zero-order valence-corrected chi connectivity index (χ0v) is 21.3. The highest BCUT2D eigenvalue weighted by molar-refractivity contribution is 6.51. The molecule has 36 heavy (non-hydrogen) atoms. The van der Waals surface area contributed by atoms with Crippen LogP contribution in [0.1, 0.15) is 28.3 Å². The fraction of sp³-hybridized carbons (Fsp3) is 0.241. The van der Waals surface area contributed by atoms with Gasteiger partial charge < -0.3 is 19.5 Å². The van der Waals surface area contributed by atoms with Gasteiger partial charge in [0.2, 0.25) is 0 Å². The van der Waals surface area contributed by atoms with Gasteiger partial charge in [-0.15, -0.1) is 0 Å². The number of amides is 1. The summed E-state index contributed by atoms with van der Waals surface area (Å²) in [6, 6.07) is 17.2. The number of aryl methyl sites for hydroxylation is 2. The molecule has 3 aromatic carbocycles. The average molecular weight is 487 g/mol. The Kier molecular flexibility index (Phi) is 6.75. The molecule has 1 saturated heterocycles. The van der Waals surface area contributed by atoms with Crippen molar-refractivity contribution in [2.75, 3.05) is 38.1 Å². The number of anilines is 2. The first-order valence-electron chi connectivity index (χ1n) is 11.6. The average Bonchev–Trinajstić information content (AvgIpc) is 3.15. The number of ketones is 1. The number of aliphatic hydroxyl groups is 1. The van der Waals surface area contributed by atoms with Crippen LogP contribution in [0.2, 0.25) is 0 Å². The van der Waals surface area contributed by atoms with Crippen molar-refractivity contribution in [2.24, 2.45) is 0 Å². The number of carbonyl (C=O) groups is 2. The first-order valence-corrected chi connectivity index (χ1v) is 11.6. The number of hydrogen-bond acceptors (Lipinski definition) is 6. The molecular formula is C29H30N2O5. The number of ether oxygens (including phenoxy) is 2. The van der Waals surface area contributed by atoms with Gasteiger partial charge in [0.25, 0.3) is 11.7 Å². The Morgan fingerprint density at radius 3 is 2.11 bits per heavy atom. The maximum absolute atomic E-state index is 13.4. The summed E-state index contributed by atoms with van der Waals surface area (Å²) in [6.07, 6.45) is 0. The second-order valence-corrected chi connectivity index (χ2v) is 8.99. The monoisotopic (exact) mass is 486 g/mol. The second kappa shape index (κ2) is 9.77. The fourth-order valence-electron chi connectivity index (χ4n) is 4.39. The van der Waals surface area contributed by atoms with Gasteiger partial charge in [0.1, 0.15) is 5.76 Å². The van der Waals surface area contributed by atoms with Crippen molar-refractivity contribution in [3.8, 4) is 11.5 Å². The predicted molar refractivity (Wildman–Crippen MR) is 141 cm³/mol. The zero-order chi connectivity index (χ0) is 26.1. The first kappa shape index (κ1) is 24.9. The molecule has 0 saturated carbocycles. The van der Waals surface area contributed by atoms with Crippen molar-refractivity contribution in [2.45, 2.75) is 19.9 Å². The molecule has 0 radical (unpaired) electrons. The molecule has 7 nitrogen and oxygen atoms in total. The molecule has 0 spiro atoms. The molecule has 1 unspecified atom stereocenters. The van der Waals surface area contributed by atoms with Crippen molar-refractivity contribution in [3.05, 3.63) is 88.5 Å². The van der Waals surface area contributed by atoms with Crippen LogP contribution in [0.3, 0.4) is 0 Å². The third-order valence-electron chi connectivity index (χ3n) is 6.59. The van der Waals surface area contributed by atoms with Gasteiger partial charge in [0.05, 0.1) is 25.8 Å². The maximum atomic E-state index is 13.4.